The average molecular weight is 377 g/mol. The predicted molar refractivity (Wildman–Crippen MR) is 105 cm³/mol. The minimum atomic E-state index is -0.910. The third-order valence-corrected chi connectivity index (χ3v) is 4.69. The smallest absolute Gasteiger partial charge is 0.361 e. The summed E-state index contributed by atoms with van der Waals surface area (Å²) in [7, 11) is 0. The van der Waals surface area contributed by atoms with Crippen molar-refractivity contribution in [1.82, 2.24) is 15.0 Å². The normalized spacial score (nSPS) is 11.9. The first-order chi connectivity index (χ1) is 13.3. The largest absolute Gasteiger partial charge is 0.449 e. The molecule has 1 unspecified atom stereocenters. The molecule has 0 N–H and O–H groups in total. The molecule has 0 aliphatic rings. The highest BCUT2D eigenvalue weighted by molar-refractivity contribution is 6.02. The molecule has 6 heteroatoms. The number of ether oxygens (including phenoxy) is 1. The zero-order chi connectivity index (χ0) is 20.3. The SMILES string of the molecule is Cc1cc(C)c(C(=O)C(C)OC(=O)c2cn(Cc3ccccc3)nn2)cc1C. The Morgan fingerprint density at radius 3 is 2.43 bits per heavy atom. The molecule has 0 fully saturated rings. The van der Waals surface area contributed by atoms with Gasteiger partial charge in [-0.1, -0.05) is 41.6 Å². The van der Waals surface area contributed by atoms with Gasteiger partial charge in [0, 0.05) is 5.56 Å². The van der Waals surface area contributed by atoms with Crippen LogP contribution >= 0.6 is 0 Å². The molecule has 0 radical (unpaired) electrons. The number of benzene rings is 2. The topological polar surface area (TPSA) is 74.1 Å². The van der Waals surface area contributed by atoms with Crippen molar-refractivity contribution in [2.24, 2.45) is 0 Å². The first-order valence-electron chi connectivity index (χ1n) is 9.12. The maximum absolute atomic E-state index is 12.7. The van der Waals surface area contributed by atoms with E-state index in [1.54, 1.807) is 11.6 Å². The Balaban J connectivity index is 1.67. The van der Waals surface area contributed by atoms with Gasteiger partial charge in [0.2, 0.25) is 5.78 Å². The lowest BCUT2D eigenvalue weighted by Crippen LogP contribution is -2.25. The molecule has 1 heterocycles. The zero-order valence-corrected chi connectivity index (χ0v) is 16.5. The van der Waals surface area contributed by atoms with Crippen LogP contribution in [0.3, 0.4) is 0 Å². The molecule has 144 valence electrons. The Morgan fingerprint density at radius 2 is 1.71 bits per heavy atom. The molecular formula is C22H23N3O3. The third-order valence-electron chi connectivity index (χ3n) is 4.69. The van der Waals surface area contributed by atoms with Gasteiger partial charge in [-0.25, -0.2) is 9.48 Å². The van der Waals surface area contributed by atoms with E-state index >= 15 is 0 Å². The lowest BCUT2D eigenvalue weighted by atomic mass is 9.96. The summed E-state index contributed by atoms with van der Waals surface area (Å²) >= 11 is 0. The summed E-state index contributed by atoms with van der Waals surface area (Å²) in [5, 5.41) is 7.83. The van der Waals surface area contributed by atoms with Crippen LogP contribution in [0.2, 0.25) is 0 Å². The van der Waals surface area contributed by atoms with Gasteiger partial charge < -0.3 is 4.74 Å². The highest BCUT2D eigenvalue weighted by Gasteiger charge is 2.23. The van der Waals surface area contributed by atoms with Crippen LogP contribution in [0.25, 0.3) is 0 Å². The number of aryl methyl sites for hydroxylation is 3. The summed E-state index contributed by atoms with van der Waals surface area (Å²) in [5.41, 5.74) is 4.69. The molecule has 0 saturated carbocycles. The summed E-state index contributed by atoms with van der Waals surface area (Å²) in [6, 6.07) is 13.5. The minimum absolute atomic E-state index is 0.0763. The van der Waals surface area contributed by atoms with Crippen molar-refractivity contribution >= 4 is 11.8 Å². The van der Waals surface area contributed by atoms with Gasteiger partial charge in [0.1, 0.15) is 0 Å². The zero-order valence-electron chi connectivity index (χ0n) is 16.5. The maximum atomic E-state index is 12.7. The molecule has 0 bridgehead atoms. The number of aromatic nitrogens is 3. The van der Waals surface area contributed by atoms with Crippen LogP contribution in [0, 0.1) is 20.8 Å². The molecule has 0 aliphatic heterocycles. The fourth-order valence-electron chi connectivity index (χ4n) is 2.96. The second kappa shape index (κ2) is 8.17. The van der Waals surface area contributed by atoms with Gasteiger partial charge in [0.15, 0.2) is 11.8 Å². The van der Waals surface area contributed by atoms with Gasteiger partial charge >= 0.3 is 5.97 Å². The lowest BCUT2D eigenvalue weighted by molar-refractivity contribution is 0.0312. The molecule has 0 saturated heterocycles. The Labute approximate surface area is 164 Å². The maximum Gasteiger partial charge on any atom is 0.361 e. The van der Waals surface area contributed by atoms with Crippen LogP contribution in [-0.2, 0) is 11.3 Å². The highest BCUT2D eigenvalue weighted by Crippen LogP contribution is 2.18. The second-order valence-corrected chi connectivity index (χ2v) is 6.95. The van der Waals surface area contributed by atoms with E-state index in [4.69, 9.17) is 4.74 Å². The fraction of sp³-hybridized carbons (Fsp3) is 0.273. The molecule has 2 aromatic carbocycles. The van der Waals surface area contributed by atoms with Gasteiger partial charge in [-0.15, -0.1) is 5.10 Å². The molecule has 3 aromatic rings. The van der Waals surface area contributed by atoms with E-state index in [2.05, 4.69) is 10.3 Å². The molecule has 0 amide bonds. The van der Waals surface area contributed by atoms with Gasteiger partial charge in [0.05, 0.1) is 12.7 Å². The molecule has 0 spiro atoms. The lowest BCUT2D eigenvalue weighted by Gasteiger charge is -2.14. The number of hydrogen-bond donors (Lipinski definition) is 0. The molecule has 28 heavy (non-hydrogen) atoms. The first-order valence-corrected chi connectivity index (χ1v) is 9.12. The van der Waals surface area contributed by atoms with Gasteiger partial charge in [-0.05, 0) is 56.0 Å². The van der Waals surface area contributed by atoms with E-state index in [0.717, 1.165) is 22.3 Å². The molecule has 3 rings (SSSR count). The summed E-state index contributed by atoms with van der Waals surface area (Å²) < 4.78 is 6.90. The van der Waals surface area contributed by atoms with E-state index < -0.39 is 12.1 Å². The summed E-state index contributed by atoms with van der Waals surface area (Å²) in [4.78, 5) is 25.1. The van der Waals surface area contributed by atoms with Crippen molar-refractivity contribution in [3.63, 3.8) is 0 Å². The van der Waals surface area contributed by atoms with Crippen molar-refractivity contribution in [1.29, 1.82) is 0 Å². The van der Waals surface area contributed by atoms with Crippen molar-refractivity contribution in [3.05, 3.63) is 82.2 Å². The average Bonchev–Trinajstić information content (AvgIpc) is 3.13. The number of rotatable bonds is 6. The number of carbonyl (C=O) groups excluding carboxylic acids is 2. The van der Waals surface area contributed by atoms with Crippen molar-refractivity contribution in [2.45, 2.75) is 40.3 Å². The van der Waals surface area contributed by atoms with Gasteiger partial charge in [0.25, 0.3) is 0 Å². The monoisotopic (exact) mass is 377 g/mol. The molecule has 1 atom stereocenters. The van der Waals surface area contributed by atoms with Crippen molar-refractivity contribution < 1.29 is 14.3 Å². The van der Waals surface area contributed by atoms with Crippen molar-refractivity contribution in [2.75, 3.05) is 0 Å². The number of Topliss-reactive ketones (excluding diaryl/α,β-unsaturated/α-hetero) is 1. The van der Waals surface area contributed by atoms with E-state index in [9.17, 15) is 9.59 Å². The van der Waals surface area contributed by atoms with Crippen LogP contribution in [-0.4, -0.2) is 32.9 Å². The van der Waals surface area contributed by atoms with Crippen LogP contribution < -0.4 is 0 Å². The Bertz CT molecular complexity index is 1010. The number of ketones is 1. The summed E-state index contributed by atoms with van der Waals surface area (Å²) in [6.07, 6.45) is 0.612. The third kappa shape index (κ3) is 4.34. The number of nitrogens with zero attached hydrogens (tertiary/aromatic N) is 3. The second-order valence-electron chi connectivity index (χ2n) is 6.95. The molecule has 6 nitrogen and oxygen atoms in total. The van der Waals surface area contributed by atoms with E-state index in [-0.39, 0.29) is 11.5 Å². The standard InChI is InChI=1S/C22H23N3O3/c1-14-10-16(3)19(11-15(14)2)21(26)17(4)28-22(27)20-13-25(24-23-20)12-18-8-6-5-7-9-18/h5-11,13,17H,12H2,1-4H3. The highest BCUT2D eigenvalue weighted by atomic mass is 16.5. The van der Waals surface area contributed by atoms with Crippen LogP contribution in [0.1, 0.15) is 50.0 Å². The van der Waals surface area contributed by atoms with Gasteiger partial charge in [-0.2, -0.15) is 0 Å². The van der Waals surface area contributed by atoms with E-state index in [0.29, 0.717) is 12.1 Å². The van der Waals surface area contributed by atoms with Crippen LogP contribution in [0.5, 0.6) is 0 Å². The Hall–Kier alpha value is -3.28. The predicted octanol–water partition coefficient (Wildman–Crippen LogP) is 3.68. The van der Waals surface area contributed by atoms with Gasteiger partial charge in [-0.3, -0.25) is 4.79 Å². The number of esters is 1. The van der Waals surface area contributed by atoms with E-state index in [1.807, 2.05) is 63.2 Å². The Kier molecular flexibility index (Phi) is 5.68. The molecule has 1 aromatic heterocycles. The molecule has 0 aliphatic carbocycles. The minimum Gasteiger partial charge on any atom is -0.449 e. The first kappa shape index (κ1) is 19.5. The fourth-order valence-corrected chi connectivity index (χ4v) is 2.96. The van der Waals surface area contributed by atoms with Crippen molar-refractivity contribution in [3.8, 4) is 0 Å². The van der Waals surface area contributed by atoms with Crippen LogP contribution in [0.15, 0.2) is 48.7 Å². The Morgan fingerprint density at radius 1 is 1.04 bits per heavy atom. The molecular weight excluding hydrogens is 354 g/mol. The number of carbonyl (C=O) groups is 2. The summed E-state index contributed by atoms with van der Waals surface area (Å²) in [6.45, 7) is 7.90. The van der Waals surface area contributed by atoms with E-state index in [1.165, 1.54) is 6.20 Å². The number of hydrogen-bond acceptors (Lipinski definition) is 5. The quantitative estimate of drug-likeness (QED) is 0.484. The summed E-state index contributed by atoms with van der Waals surface area (Å²) in [5.74, 6) is -0.896. The van der Waals surface area contributed by atoms with Crippen LogP contribution in [0.4, 0.5) is 0 Å².